The van der Waals surface area contributed by atoms with Gasteiger partial charge in [0.15, 0.2) is 0 Å². The molecule has 0 aliphatic carbocycles. The third-order valence-corrected chi connectivity index (χ3v) is 3.70. The quantitative estimate of drug-likeness (QED) is 0.841. The van der Waals surface area contributed by atoms with Gasteiger partial charge < -0.3 is 10.6 Å². The Morgan fingerprint density at radius 3 is 2.89 bits per heavy atom. The molecule has 0 bridgehead atoms. The Kier molecular flexibility index (Phi) is 6.49. The molecule has 1 heterocycles. The average Bonchev–Trinajstić information content (AvgIpc) is 2.38. The molecule has 0 saturated heterocycles. The molecular weight excluding hydrogens is 314 g/mol. The highest BCUT2D eigenvalue weighted by Crippen LogP contribution is 2.18. The molecule has 0 aliphatic rings. The van der Waals surface area contributed by atoms with Crippen molar-refractivity contribution in [1.82, 2.24) is 10.3 Å². The summed E-state index contributed by atoms with van der Waals surface area (Å²) in [6.45, 7) is 2.07. The third kappa shape index (κ3) is 4.17. The Labute approximate surface area is 120 Å². The predicted octanol–water partition coefficient (Wildman–Crippen LogP) is 2.76. The van der Waals surface area contributed by atoms with Crippen LogP contribution < -0.4 is 10.6 Å². The predicted molar refractivity (Wildman–Crippen MR) is 81.4 cm³/mol. The molecule has 1 amide bonds. The van der Waals surface area contributed by atoms with Crippen LogP contribution in [0.4, 0.5) is 5.82 Å². The minimum Gasteiger partial charge on any atom is -0.372 e. The molecule has 0 spiro atoms. The van der Waals surface area contributed by atoms with E-state index in [0.29, 0.717) is 11.4 Å². The monoisotopic (exact) mass is 331 g/mol. The molecule has 0 radical (unpaired) electrons. The Hall–Kier alpha value is -0.750. The molecular formula is C12H18BrN3OS. The number of halogens is 1. The number of rotatable bonds is 6. The molecule has 0 fully saturated rings. The number of thioether (sulfide) groups is 1. The number of pyridine rings is 1. The summed E-state index contributed by atoms with van der Waals surface area (Å²) in [6, 6.07) is 1.97. The molecule has 18 heavy (non-hydrogen) atoms. The first-order valence-electron chi connectivity index (χ1n) is 5.75. The summed E-state index contributed by atoms with van der Waals surface area (Å²) in [5, 5.41) is 5.95. The summed E-state index contributed by atoms with van der Waals surface area (Å²) in [6.07, 6.45) is 4.62. The Morgan fingerprint density at radius 2 is 2.33 bits per heavy atom. The number of nitrogens with zero attached hydrogens (tertiary/aromatic N) is 1. The standard InChI is InChI=1S/C12H18BrN3OS/c1-4-9(7-18-3)16-12(17)10-5-8(13)6-15-11(10)14-2/h5-6,9H,4,7H2,1-3H3,(H,14,15)(H,16,17). The van der Waals surface area contributed by atoms with E-state index in [1.54, 1.807) is 31.1 Å². The van der Waals surface area contributed by atoms with Crippen LogP contribution in [0.5, 0.6) is 0 Å². The van der Waals surface area contributed by atoms with Crippen molar-refractivity contribution in [2.75, 3.05) is 24.4 Å². The number of hydrogen-bond donors (Lipinski definition) is 2. The van der Waals surface area contributed by atoms with Crippen LogP contribution in [0.3, 0.4) is 0 Å². The van der Waals surface area contributed by atoms with E-state index in [9.17, 15) is 4.79 Å². The summed E-state index contributed by atoms with van der Waals surface area (Å²) >= 11 is 5.06. The average molecular weight is 332 g/mol. The summed E-state index contributed by atoms with van der Waals surface area (Å²) in [4.78, 5) is 16.4. The number of carbonyl (C=O) groups excluding carboxylic acids is 1. The van der Waals surface area contributed by atoms with Crippen molar-refractivity contribution in [3.8, 4) is 0 Å². The van der Waals surface area contributed by atoms with Gasteiger partial charge in [-0.25, -0.2) is 4.98 Å². The van der Waals surface area contributed by atoms with Crippen molar-refractivity contribution < 1.29 is 4.79 Å². The van der Waals surface area contributed by atoms with E-state index < -0.39 is 0 Å². The fourth-order valence-electron chi connectivity index (χ4n) is 1.54. The fraction of sp³-hybridized carbons (Fsp3) is 0.500. The van der Waals surface area contributed by atoms with Crippen molar-refractivity contribution in [2.24, 2.45) is 0 Å². The van der Waals surface area contributed by atoms with Gasteiger partial charge in [0.1, 0.15) is 5.82 Å². The lowest BCUT2D eigenvalue weighted by Gasteiger charge is -2.17. The van der Waals surface area contributed by atoms with Gasteiger partial charge in [0.25, 0.3) is 5.91 Å². The smallest absolute Gasteiger partial charge is 0.255 e. The maximum atomic E-state index is 12.2. The number of amides is 1. The van der Waals surface area contributed by atoms with Crippen molar-refractivity contribution in [3.05, 3.63) is 22.3 Å². The van der Waals surface area contributed by atoms with Crippen LogP contribution in [-0.2, 0) is 0 Å². The number of anilines is 1. The molecule has 100 valence electrons. The zero-order valence-electron chi connectivity index (χ0n) is 10.8. The van der Waals surface area contributed by atoms with Crippen LogP contribution in [0.1, 0.15) is 23.7 Å². The van der Waals surface area contributed by atoms with E-state index in [1.165, 1.54) is 0 Å². The normalized spacial score (nSPS) is 12.0. The summed E-state index contributed by atoms with van der Waals surface area (Å²) < 4.78 is 0.796. The molecule has 0 aliphatic heterocycles. The molecule has 2 N–H and O–H groups in total. The number of nitrogens with one attached hydrogen (secondary N) is 2. The Morgan fingerprint density at radius 1 is 1.61 bits per heavy atom. The zero-order valence-corrected chi connectivity index (χ0v) is 13.2. The molecule has 6 heteroatoms. The van der Waals surface area contributed by atoms with Gasteiger partial charge in [-0.3, -0.25) is 4.79 Å². The van der Waals surface area contributed by atoms with E-state index in [0.717, 1.165) is 16.6 Å². The maximum Gasteiger partial charge on any atom is 0.255 e. The Balaban J connectivity index is 2.85. The Bertz CT molecular complexity index is 414. The van der Waals surface area contributed by atoms with Crippen molar-refractivity contribution >= 4 is 39.4 Å². The first-order chi connectivity index (χ1) is 8.62. The van der Waals surface area contributed by atoms with E-state index in [4.69, 9.17) is 0 Å². The van der Waals surface area contributed by atoms with E-state index in [-0.39, 0.29) is 11.9 Å². The number of aromatic nitrogens is 1. The largest absolute Gasteiger partial charge is 0.372 e. The number of hydrogen-bond acceptors (Lipinski definition) is 4. The van der Waals surface area contributed by atoms with Gasteiger partial charge in [0.2, 0.25) is 0 Å². The molecule has 0 aromatic carbocycles. The topological polar surface area (TPSA) is 54.0 Å². The van der Waals surface area contributed by atoms with E-state index >= 15 is 0 Å². The van der Waals surface area contributed by atoms with Crippen LogP contribution in [0.2, 0.25) is 0 Å². The summed E-state index contributed by atoms with van der Waals surface area (Å²) in [5.74, 6) is 1.42. The first kappa shape index (κ1) is 15.3. The second kappa shape index (κ2) is 7.63. The highest BCUT2D eigenvalue weighted by molar-refractivity contribution is 9.10. The van der Waals surface area contributed by atoms with E-state index in [2.05, 4.69) is 38.5 Å². The van der Waals surface area contributed by atoms with Crippen molar-refractivity contribution in [1.29, 1.82) is 0 Å². The van der Waals surface area contributed by atoms with Crippen molar-refractivity contribution in [3.63, 3.8) is 0 Å². The lowest BCUT2D eigenvalue weighted by Crippen LogP contribution is -2.36. The van der Waals surface area contributed by atoms with Crippen LogP contribution in [0.15, 0.2) is 16.7 Å². The molecule has 1 unspecified atom stereocenters. The SMILES string of the molecule is CCC(CSC)NC(=O)c1cc(Br)cnc1NC. The third-order valence-electron chi connectivity index (χ3n) is 2.53. The van der Waals surface area contributed by atoms with Gasteiger partial charge in [0.05, 0.1) is 5.56 Å². The first-order valence-corrected chi connectivity index (χ1v) is 7.94. The molecule has 4 nitrogen and oxygen atoms in total. The maximum absolute atomic E-state index is 12.2. The second-order valence-corrected chi connectivity index (χ2v) is 5.66. The molecule has 0 saturated carbocycles. The summed E-state index contributed by atoms with van der Waals surface area (Å²) in [7, 11) is 1.76. The molecule has 1 rings (SSSR count). The minimum absolute atomic E-state index is 0.0888. The molecule has 1 atom stereocenters. The van der Waals surface area contributed by atoms with Gasteiger partial charge in [-0.2, -0.15) is 11.8 Å². The second-order valence-electron chi connectivity index (χ2n) is 3.83. The van der Waals surface area contributed by atoms with Gasteiger partial charge in [-0.05, 0) is 34.7 Å². The molecule has 1 aromatic rings. The zero-order chi connectivity index (χ0) is 13.5. The fourth-order valence-corrected chi connectivity index (χ4v) is 2.59. The van der Waals surface area contributed by atoms with Crippen molar-refractivity contribution in [2.45, 2.75) is 19.4 Å². The minimum atomic E-state index is -0.0888. The highest BCUT2D eigenvalue weighted by Gasteiger charge is 2.16. The van der Waals surface area contributed by atoms with Gasteiger partial charge in [-0.15, -0.1) is 0 Å². The van der Waals surface area contributed by atoms with Gasteiger partial charge in [-0.1, -0.05) is 6.92 Å². The lowest BCUT2D eigenvalue weighted by molar-refractivity contribution is 0.0940. The highest BCUT2D eigenvalue weighted by atomic mass is 79.9. The van der Waals surface area contributed by atoms with Crippen LogP contribution in [0, 0.1) is 0 Å². The number of carbonyl (C=O) groups is 1. The van der Waals surface area contributed by atoms with E-state index in [1.807, 2.05) is 6.26 Å². The van der Waals surface area contributed by atoms with Crippen LogP contribution >= 0.6 is 27.7 Å². The summed E-state index contributed by atoms with van der Waals surface area (Å²) in [5.41, 5.74) is 0.562. The lowest BCUT2D eigenvalue weighted by atomic mass is 10.2. The van der Waals surface area contributed by atoms with Crippen LogP contribution in [0.25, 0.3) is 0 Å². The van der Waals surface area contributed by atoms with Gasteiger partial charge >= 0.3 is 0 Å². The van der Waals surface area contributed by atoms with Crippen LogP contribution in [-0.4, -0.2) is 36.0 Å². The van der Waals surface area contributed by atoms with Gasteiger partial charge in [0, 0.05) is 29.5 Å². The molecule has 1 aromatic heterocycles.